The highest BCUT2D eigenvalue weighted by Gasteiger charge is 2.37. The van der Waals surface area contributed by atoms with Gasteiger partial charge in [0.25, 0.3) is 0 Å². The summed E-state index contributed by atoms with van der Waals surface area (Å²) < 4.78 is 16.6. The van der Waals surface area contributed by atoms with Gasteiger partial charge >= 0.3 is 5.97 Å². The number of aromatic nitrogens is 1. The van der Waals surface area contributed by atoms with Gasteiger partial charge in [-0.25, -0.2) is 4.79 Å². The molecule has 0 saturated heterocycles. The molecule has 0 spiro atoms. The monoisotopic (exact) mass is 347 g/mol. The van der Waals surface area contributed by atoms with Crippen LogP contribution in [0.3, 0.4) is 0 Å². The van der Waals surface area contributed by atoms with Crippen molar-refractivity contribution in [2.45, 2.75) is 45.5 Å². The van der Waals surface area contributed by atoms with E-state index in [4.69, 9.17) is 8.84 Å². The Balaban J connectivity index is 2.14. The number of rotatable bonds is 5. The van der Waals surface area contributed by atoms with Gasteiger partial charge in [0.2, 0.25) is 0 Å². The second-order valence-electron chi connectivity index (χ2n) is 7.27. The van der Waals surface area contributed by atoms with Gasteiger partial charge in [-0.2, -0.15) is 0 Å². The summed E-state index contributed by atoms with van der Waals surface area (Å²) in [6.07, 6.45) is 4.69. The van der Waals surface area contributed by atoms with Gasteiger partial charge < -0.3 is 13.6 Å². The predicted octanol–water partition coefficient (Wildman–Crippen LogP) is 4.54. The lowest BCUT2D eigenvalue weighted by Gasteiger charge is -2.35. The molecule has 5 nitrogen and oxygen atoms in total. The second kappa shape index (κ2) is 6.90. The molecule has 0 N–H and O–H groups in total. The van der Waals surface area contributed by atoms with Crippen LogP contribution in [0.1, 0.15) is 32.1 Å². The highest BCUT2D eigenvalue weighted by atomic mass is 28.4. The number of nitrogens with zero attached hydrogens (tertiary/aromatic N) is 1. The summed E-state index contributed by atoms with van der Waals surface area (Å²) in [4.78, 5) is 15.5. The van der Waals surface area contributed by atoms with Crippen LogP contribution < -0.4 is 0 Å². The second-order valence-corrected chi connectivity index (χ2v) is 12.1. The average Bonchev–Trinajstić information content (AvgIpc) is 2.91. The first kappa shape index (κ1) is 18.4. The summed E-state index contributed by atoms with van der Waals surface area (Å²) in [5, 5.41) is 0.156. The van der Waals surface area contributed by atoms with Gasteiger partial charge in [0.05, 0.1) is 13.7 Å². The smallest absolute Gasteiger partial charge is 0.330 e. The van der Waals surface area contributed by atoms with Crippen molar-refractivity contribution in [3.8, 4) is 0 Å². The molecule has 130 valence electrons. The number of pyridine rings is 1. The molecule has 0 saturated carbocycles. The van der Waals surface area contributed by atoms with Crippen LogP contribution in [0.2, 0.25) is 18.1 Å². The van der Waals surface area contributed by atoms with E-state index in [0.29, 0.717) is 12.2 Å². The van der Waals surface area contributed by atoms with Gasteiger partial charge in [0, 0.05) is 18.3 Å². The average molecular weight is 347 g/mol. The Bertz CT molecular complexity index is 756. The SMILES string of the molecule is COC(=O)C=Cc1cnc2cc(CO[Si](C)(C)C(C)(C)C)oc2c1. The van der Waals surface area contributed by atoms with E-state index in [9.17, 15) is 4.79 Å². The highest BCUT2D eigenvalue weighted by Crippen LogP contribution is 2.37. The zero-order valence-electron chi connectivity index (χ0n) is 15.2. The number of hydrogen-bond donors (Lipinski definition) is 0. The normalized spacial score (nSPS) is 12.9. The molecular formula is C18H25NO4Si. The van der Waals surface area contributed by atoms with Crippen LogP contribution in [-0.2, 0) is 20.6 Å². The molecule has 0 atom stereocenters. The Hall–Kier alpha value is -1.92. The Morgan fingerprint density at radius 2 is 2.04 bits per heavy atom. The van der Waals surface area contributed by atoms with E-state index in [1.165, 1.54) is 13.2 Å². The van der Waals surface area contributed by atoms with Gasteiger partial charge in [0.15, 0.2) is 13.9 Å². The number of methoxy groups -OCH3 is 1. The van der Waals surface area contributed by atoms with Crippen LogP contribution in [0.15, 0.2) is 28.8 Å². The van der Waals surface area contributed by atoms with Gasteiger partial charge in [-0.1, -0.05) is 20.8 Å². The molecule has 0 aliphatic heterocycles. The highest BCUT2D eigenvalue weighted by molar-refractivity contribution is 6.74. The van der Waals surface area contributed by atoms with Crippen molar-refractivity contribution in [3.05, 3.63) is 35.7 Å². The third-order valence-electron chi connectivity index (χ3n) is 4.44. The minimum atomic E-state index is -1.82. The predicted molar refractivity (Wildman–Crippen MR) is 97.0 cm³/mol. The van der Waals surface area contributed by atoms with Gasteiger partial charge in [-0.3, -0.25) is 4.98 Å². The molecule has 0 radical (unpaired) electrons. The van der Waals surface area contributed by atoms with Crippen molar-refractivity contribution < 1.29 is 18.4 Å². The van der Waals surface area contributed by atoms with Gasteiger partial charge in [0.1, 0.15) is 11.3 Å². The number of furan rings is 1. The summed E-state index contributed by atoms with van der Waals surface area (Å²) >= 11 is 0. The Kier molecular flexibility index (Phi) is 5.30. The lowest BCUT2D eigenvalue weighted by Crippen LogP contribution is -2.40. The summed E-state index contributed by atoms with van der Waals surface area (Å²) in [7, 11) is -0.477. The summed E-state index contributed by atoms with van der Waals surface area (Å²) in [5.74, 6) is 0.356. The number of esters is 1. The van der Waals surface area contributed by atoms with E-state index >= 15 is 0 Å². The molecule has 0 unspecified atom stereocenters. The van der Waals surface area contributed by atoms with Crippen LogP contribution in [0.5, 0.6) is 0 Å². The van der Waals surface area contributed by atoms with E-state index in [1.54, 1.807) is 12.3 Å². The number of ether oxygens (including phenoxy) is 1. The standard InChI is InChI=1S/C18H25NO4Si/c1-18(2,3)24(5,6)22-12-14-10-15-16(23-14)9-13(11-19-15)7-8-17(20)21-4/h7-11H,12H2,1-6H3. The van der Waals surface area contributed by atoms with Crippen molar-refractivity contribution in [2.75, 3.05) is 7.11 Å². The maximum absolute atomic E-state index is 11.1. The van der Waals surface area contributed by atoms with Crippen molar-refractivity contribution in [2.24, 2.45) is 0 Å². The zero-order valence-corrected chi connectivity index (χ0v) is 16.2. The fourth-order valence-electron chi connectivity index (χ4n) is 1.85. The van der Waals surface area contributed by atoms with Crippen molar-refractivity contribution in [1.29, 1.82) is 0 Å². The van der Waals surface area contributed by atoms with E-state index in [-0.39, 0.29) is 5.04 Å². The maximum Gasteiger partial charge on any atom is 0.330 e. The molecule has 6 heteroatoms. The molecule has 0 bridgehead atoms. The summed E-state index contributed by atoms with van der Waals surface area (Å²) in [6, 6.07) is 3.74. The quantitative estimate of drug-likeness (QED) is 0.451. The molecule has 2 aromatic heterocycles. The first-order chi connectivity index (χ1) is 11.1. The molecule has 24 heavy (non-hydrogen) atoms. The molecule has 0 aliphatic rings. The lowest BCUT2D eigenvalue weighted by atomic mass is 10.2. The molecule has 2 heterocycles. The Morgan fingerprint density at radius 3 is 2.67 bits per heavy atom. The zero-order chi connectivity index (χ0) is 18.0. The van der Waals surface area contributed by atoms with Crippen LogP contribution >= 0.6 is 0 Å². The summed E-state index contributed by atoms with van der Waals surface area (Å²) in [6.45, 7) is 11.5. The van der Waals surface area contributed by atoms with Crippen LogP contribution in [0, 0.1) is 0 Å². The lowest BCUT2D eigenvalue weighted by molar-refractivity contribution is -0.134. The van der Waals surface area contributed by atoms with Crippen molar-refractivity contribution >= 4 is 31.5 Å². The maximum atomic E-state index is 11.1. The van der Waals surface area contributed by atoms with Crippen molar-refractivity contribution in [3.63, 3.8) is 0 Å². The molecule has 0 aliphatic carbocycles. The molecule has 0 amide bonds. The van der Waals surface area contributed by atoms with Gasteiger partial charge in [-0.05, 0) is 35.8 Å². The largest absolute Gasteiger partial charge is 0.466 e. The molecule has 2 aromatic rings. The first-order valence-corrected chi connectivity index (χ1v) is 10.8. The first-order valence-electron chi connectivity index (χ1n) is 7.91. The van der Waals surface area contributed by atoms with E-state index in [0.717, 1.165) is 16.8 Å². The number of hydrogen-bond acceptors (Lipinski definition) is 5. The molecular weight excluding hydrogens is 322 g/mol. The van der Waals surface area contributed by atoms with E-state index in [1.807, 2.05) is 12.1 Å². The fourth-order valence-corrected chi connectivity index (χ4v) is 2.78. The van der Waals surface area contributed by atoms with E-state index in [2.05, 4.69) is 43.6 Å². The molecule has 0 aromatic carbocycles. The topological polar surface area (TPSA) is 61.6 Å². The Labute approximate surface area is 143 Å². The number of carbonyl (C=O) groups excluding carboxylic acids is 1. The van der Waals surface area contributed by atoms with Crippen LogP contribution in [-0.4, -0.2) is 26.4 Å². The minimum absolute atomic E-state index is 0.156. The van der Waals surface area contributed by atoms with Crippen molar-refractivity contribution in [1.82, 2.24) is 4.98 Å². The number of carbonyl (C=O) groups is 1. The molecule has 2 rings (SSSR count). The third kappa shape index (κ3) is 4.33. The fraction of sp³-hybridized carbons (Fsp3) is 0.444. The minimum Gasteiger partial charge on any atom is -0.466 e. The number of fused-ring (bicyclic) bond motifs is 1. The molecule has 0 fully saturated rings. The van der Waals surface area contributed by atoms with Crippen LogP contribution in [0.4, 0.5) is 0 Å². The van der Waals surface area contributed by atoms with E-state index < -0.39 is 14.3 Å². The summed E-state index contributed by atoms with van der Waals surface area (Å²) in [5.41, 5.74) is 2.23. The van der Waals surface area contributed by atoms with Gasteiger partial charge in [-0.15, -0.1) is 0 Å². The van der Waals surface area contributed by atoms with Crippen LogP contribution in [0.25, 0.3) is 17.2 Å². The Morgan fingerprint density at radius 1 is 1.33 bits per heavy atom. The third-order valence-corrected chi connectivity index (χ3v) is 8.91.